The minimum Gasteiger partial charge on any atom is -0.434 e. The van der Waals surface area contributed by atoms with Crippen molar-refractivity contribution in [2.75, 3.05) is 6.61 Å². The first-order chi connectivity index (χ1) is 8.07. The lowest BCUT2D eigenvalue weighted by Gasteiger charge is -2.14. The maximum atomic E-state index is 11.2. The fourth-order valence-corrected chi connectivity index (χ4v) is 0.994. The molecule has 0 aromatic carbocycles. The third-order valence-corrected chi connectivity index (χ3v) is 2.67. The summed E-state index contributed by atoms with van der Waals surface area (Å²) in [6.45, 7) is 6.17. The number of ether oxygens (including phenoxy) is 2. The highest BCUT2D eigenvalue weighted by molar-refractivity contribution is 7.80. The van der Waals surface area contributed by atoms with Crippen LogP contribution in [0.2, 0.25) is 0 Å². The molecule has 0 aliphatic heterocycles. The molecule has 1 atom stereocenters. The van der Waals surface area contributed by atoms with E-state index in [1.807, 2.05) is 39.0 Å². The van der Waals surface area contributed by atoms with Crippen molar-refractivity contribution in [3.63, 3.8) is 0 Å². The zero-order chi connectivity index (χ0) is 13.1. The van der Waals surface area contributed by atoms with Crippen molar-refractivity contribution in [2.24, 2.45) is 5.92 Å². The van der Waals surface area contributed by atoms with E-state index >= 15 is 0 Å². The molecule has 3 nitrogen and oxygen atoms in total. The third kappa shape index (κ3) is 10.00. The van der Waals surface area contributed by atoms with Crippen molar-refractivity contribution in [2.45, 2.75) is 39.0 Å². The Hall–Kier alpha value is -0.900. The molecule has 0 spiro atoms. The summed E-state index contributed by atoms with van der Waals surface area (Å²) in [6, 6.07) is 0. The standard InChI is InChI=1S/C13H22O3S/c1-4-5-6-7-8-9-10-15-13(14)16-12(17)11(2)3/h4-5,7-8,11-12,17H,6,9-10H2,1-3H3. The molecule has 0 saturated carbocycles. The number of hydrogen-bond donors (Lipinski definition) is 1. The molecule has 17 heavy (non-hydrogen) atoms. The van der Waals surface area contributed by atoms with Crippen LogP contribution in [-0.4, -0.2) is 18.2 Å². The van der Waals surface area contributed by atoms with Crippen LogP contribution in [-0.2, 0) is 9.47 Å². The van der Waals surface area contributed by atoms with Crippen molar-refractivity contribution in [3.8, 4) is 0 Å². The third-order valence-electron chi connectivity index (χ3n) is 1.97. The monoisotopic (exact) mass is 258 g/mol. The Morgan fingerprint density at radius 3 is 2.59 bits per heavy atom. The topological polar surface area (TPSA) is 35.5 Å². The summed E-state index contributed by atoms with van der Waals surface area (Å²) >= 11 is 4.12. The second-order valence-corrected chi connectivity index (χ2v) is 4.42. The first kappa shape index (κ1) is 16.1. The van der Waals surface area contributed by atoms with E-state index in [4.69, 9.17) is 9.47 Å². The maximum absolute atomic E-state index is 11.2. The maximum Gasteiger partial charge on any atom is 0.509 e. The van der Waals surface area contributed by atoms with Crippen molar-refractivity contribution in [1.82, 2.24) is 0 Å². The summed E-state index contributed by atoms with van der Waals surface area (Å²) in [6.07, 6.45) is 9.02. The van der Waals surface area contributed by atoms with Gasteiger partial charge in [-0.15, -0.1) is 12.6 Å². The highest BCUT2D eigenvalue weighted by Crippen LogP contribution is 2.11. The fourth-order valence-electron chi connectivity index (χ4n) is 0.908. The number of carbonyl (C=O) groups is 1. The minimum atomic E-state index is -0.652. The predicted molar refractivity (Wildman–Crippen MR) is 73.2 cm³/mol. The molecule has 1 unspecified atom stereocenters. The zero-order valence-corrected chi connectivity index (χ0v) is 11.7. The van der Waals surface area contributed by atoms with Gasteiger partial charge in [0, 0.05) is 0 Å². The van der Waals surface area contributed by atoms with E-state index in [-0.39, 0.29) is 5.92 Å². The quantitative estimate of drug-likeness (QED) is 0.247. The molecule has 0 aromatic heterocycles. The van der Waals surface area contributed by atoms with E-state index in [1.165, 1.54) is 0 Å². The molecular formula is C13H22O3S. The van der Waals surface area contributed by atoms with E-state index in [2.05, 4.69) is 18.7 Å². The van der Waals surface area contributed by atoms with Gasteiger partial charge in [-0.05, 0) is 25.7 Å². The van der Waals surface area contributed by atoms with E-state index in [0.717, 1.165) is 6.42 Å². The van der Waals surface area contributed by atoms with Crippen molar-refractivity contribution < 1.29 is 14.3 Å². The van der Waals surface area contributed by atoms with Gasteiger partial charge in [-0.25, -0.2) is 4.79 Å². The fraction of sp³-hybridized carbons (Fsp3) is 0.615. The van der Waals surface area contributed by atoms with E-state index in [0.29, 0.717) is 13.0 Å². The van der Waals surface area contributed by atoms with Crippen LogP contribution in [0.3, 0.4) is 0 Å². The van der Waals surface area contributed by atoms with Gasteiger partial charge in [-0.1, -0.05) is 38.2 Å². The van der Waals surface area contributed by atoms with Gasteiger partial charge in [0.1, 0.15) is 0 Å². The molecular weight excluding hydrogens is 236 g/mol. The van der Waals surface area contributed by atoms with Crippen molar-refractivity contribution in [3.05, 3.63) is 24.3 Å². The summed E-state index contributed by atoms with van der Waals surface area (Å²) in [5.74, 6) is 0.173. The lowest BCUT2D eigenvalue weighted by Crippen LogP contribution is -2.19. The van der Waals surface area contributed by atoms with Gasteiger partial charge in [0.05, 0.1) is 6.61 Å². The Kier molecular flexibility index (Phi) is 9.72. The van der Waals surface area contributed by atoms with Crippen molar-refractivity contribution in [1.29, 1.82) is 0 Å². The van der Waals surface area contributed by atoms with Crippen molar-refractivity contribution >= 4 is 18.8 Å². The summed E-state index contributed by atoms with van der Waals surface area (Å²) in [5, 5.41) is 0. The highest BCUT2D eigenvalue weighted by Gasteiger charge is 2.14. The lowest BCUT2D eigenvalue weighted by molar-refractivity contribution is 0.0389. The molecule has 0 aromatic rings. The smallest absolute Gasteiger partial charge is 0.434 e. The molecule has 0 aliphatic rings. The lowest BCUT2D eigenvalue weighted by atomic mass is 10.2. The van der Waals surface area contributed by atoms with Gasteiger partial charge in [-0.3, -0.25) is 0 Å². The van der Waals surface area contributed by atoms with Crippen LogP contribution in [0.4, 0.5) is 4.79 Å². The summed E-state index contributed by atoms with van der Waals surface area (Å²) in [7, 11) is 0. The largest absolute Gasteiger partial charge is 0.509 e. The SMILES string of the molecule is CC=CCC=CCCOC(=O)OC(S)C(C)C. The molecule has 0 heterocycles. The van der Waals surface area contributed by atoms with Gasteiger partial charge >= 0.3 is 6.16 Å². The van der Waals surface area contributed by atoms with Crippen LogP contribution in [0, 0.1) is 5.92 Å². The van der Waals surface area contributed by atoms with Crippen LogP contribution in [0.1, 0.15) is 33.6 Å². The number of allylic oxidation sites excluding steroid dienone is 3. The van der Waals surface area contributed by atoms with Gasteiger partial charge in [0.15, 0.2) is 5.44 Å². The average molecular weight is 258 g/mol. The molecule has 0 rings (SSSR count). The normalized spacial score (nSPS) is 13.5. The van der Waals surface area contributed by atoms with E-state index in [9.17, 15) is 4.79 Å². The predicted octanol–water partition coefficient (Wildman–Crippen LogP) is 3.96. The van der Waals surface area contributed by atoms with Gasteiger partial charge in [0.25, 0.3) is 0 Å². The molecule has 4 heteroatoms. The number of carbonyl (C=O) groups excluding carboxylic acids is 1. The summed E-state index contributed by atoms with van der Waals surface area (Å²) < 4.78 is 9.81. The van der Waals surface area contributed by atoms with E-state index in [1.54, 1.807) is 0 Å². The molecule has 0 amide bonds. The first-order valence-corrected chi connectivity index (χ1v) is 6.37. The van der Waals surface area contributed by atoms with Crippen LogP contribution < -0.4 is 0 Å². The number of thiol groups is 1. The molecule has 0 saturated heterocycles. The van der Waals surface area contributed by atoms with Gasteiger partial charge in [-0.2, -0.15) is 0 Å². The first-order valence-electron chi connectivity index (χ1n) is 5.85. The molecule has 0 bridgehead atoms. The molecule has 0 radical (unpaired) electrons. The second kappa shape index (κ2) is 10.3. The Morgan fingerprint density at radius 1 is 1.29 bits per heavy atom. The molecule has 0 fully saturated rings. The Bertz CT molecular complexity index is 259. The average Bonchev–Trinajstić information content (AvgIpc) is 2.27. The number of rotatable bonds is 7. The van der Waals surface area contributed by atoms with Gasteiger partial charge < -0.3 is 9.47 Å². The Balaban J connectivity index is 3.55. The van der Waals surface area contributed by atoms with Crippen LogP contribution in [0.15, 0.2) is 24.3 Å². The Morgan fingerprint density at radius 2 is 2.00 bits per heavy atom. The minimum absolute atomic E-state index is 0.173. The van der Waals surface area contributed by atoms with Gasteiger partial charge in [0.2, 0.25) is 0 Å². The summed E-state index contributed by atoms with van der Waals surface area (Å²) in [4.78, 5) is 11.2. The Labute approximate surface area is 109 Å². The van der Waals surface area contributed by atoms with E-state index < -0.39 is 11.6 Å². The van der Waals surface area contributed by atoms with Crippen LogP contribution in [0.25, 0.3) is 0 Å². The zero-order valence-electron chi connectivity index (χ0n) is 10.8. The highest BCUT2D eigenvalue weighted by atomic mass is 32.1. The molecule has 98 valence electrons. The number of hydrogen-bond acceptors (Lipinski definition) is 4. The molecule has 0 aliphatic carbocycles. The summed E-state index contributed by atoms with van der Waals surface area (Å²) in [5.41, 5.74) is -0.410. The second-order valence-electron chi connectivity index (χ2n) is 3.92. The van der Waals surface area contributed by atoms with Crippen LogP contribution in [0.5, 0.6) is 0 Å². The molecule has 0 N–H and O–H groups in total. The van der Waals surface area contributed by atoms with Crippen LogP contribution >= 0.6 is 12.6 Å².